The zero-order valence-corrected chi connectivity index (χ0v) is 14.1. The quantitative estimate of drug-likeness (QED) is 0.471. The highest BCUT2D eigenvalue weighted by molar-refractivity contribution is 5.70. The largest absolute Gasteiger partial charge is 0.236 e. The summed E-state index contributed by atoms with van der Waals surface area (Å²) in [4.78, 5) is 9.31. The van der Waals surface area contributed by atoms with Gasteiger partial charge in [0.05, 0.1) is 0 Å². The summed E-state index contributed by atoms with van der Waals surface area (Å²) in [5.74, 6) is 7.13. The van der Waals surface area contributed by atoms with Crippen molar-refractivity contribution in [3.63, 3.8) is 0 Å². The van der Waals surface area contributed by atoms with Gasteiger partial charge in [0.2, 0.25) is 0 Å². The number of benzene rings is 3. The van der Waals surface area contributed by atoms with Crippen molar-refractivity contribution in [2.24, 2.45) is 0 Å². The molecule has 1 aromatic heterocycles. The summed E-state index contributed by atoms with van der Waals surface area (Å²) >= 11 is 0. The number of aromatic nitrogens is 2. The minimum absolute atomic E-state index is 0.683. The smallest absolute Gasteiger partial charge is 0.160 e. The Labute approximate surface area is 153 Å². The molecule has 26 heavy (non-hydrogen) atoms. The fourth-order valence-corrected chi connectivity index (χ4v) is 2.69. The van der Waals surface area contributed by atoms with Crippen LogP contribution in [0.4, 0.5) is 0 Å². The molecule has 0 fully saturated rings. The second-order valence-electron chi connectivity index (χ2n) is 5.80. The molecule has 0 aliphatic rings. The number of nitrogens with zero attached hydrogens (tertiary/aromatic N) is 2. The Balaban J connectivity index is 1.83. The molecule has 4 aromatic rings. The minimum atomic E-state index is 0.683. The van der Waals surface area contributed by atoms with E-state index >= 15 is 0 Å². The van der Waals surface area contributed by atoms with Crippen molar-refractivity contribution >= 4 is 0 Å². The van der Waals surface area contributed by atoms with Crippen LogP contribution >= 0.6 is 0 Å². The molecule has 0 spiro atoms. The van der Waals surface area contributed by atoms with Gasteiger partial charge in [-0.15, -0.1) is 0 Å². The molecule has 0 aliphatic heterocycles. The molecule has 4 rings (SSSR count). The highest BCUT2D eigenvalue weighted by atomic mass is 14.9. The number of hydrogen-bond donors (Lipinski definition) is 0. The molecule has 0 N–H and O–H groups in total. The maximum absolute atomic E-state index is 4.75. The van der Waals surface area contributed by atoms with Crippen molar-refractivity contribution in [2.75, 3.05) is 0 Å². The van der Waals surface area contributed by atoms with E-state index in [2.05, 4.69) is 29.0 Å². The van der Waals surface area contributed by atoms with Gasteiger partial charge in [0.1, 0.15) is 5.69 Å². The predicted octanol–water partition coefficient (Wildman–Crippen LogP) is 5.21. The summed E-state index contributed by atoms with van der Waals surface area (Å²) in [7, 11) is 0. The van der Waals surface area contributed by atoms with Crippen molar-refractivity contribution in [3.8, 4) is 34.4 Å². The zero-order chi connectivity index (χ0) is 17.6. The third kappa shape index (κ3) is 3.53. The average Bonchev–Trinajstić information content (AvgIpc) is 2.74. The van der Waals surface area contributed by atoms with Crippen LogP contribution in [0.1, 0.15) is 11.3 Å². The van der Waals surface area contributed by atoms with Gasteiger partial charge < -0.3 is 0 Å². The first-order valence-corrected chi connectivity index (χ1v) is 8.45. The molecule has 2 heteroatoms. The lowest BCUT2D eigenvalue weighted by atomic mass is 10.1. The Bertz CT molecular complexity index is 1060. The fourth-order valence-electron chi connectivity index (χ4n) is 2.69. The first-order valence-electron chi connectivity index (χ1n) is 8.45. The van der Waals surface area contributed by atoms with E-state index < -0.39 is 0 Å². The molecule has 0 radical (unpaired) electrons. The molecule has 122 valence electrons. The first-order chi connectivity index (χ1) is 12.9. The van der Waals surface area contributed by atoms with Gasteiger partial charge in [0.25, 0.3) is 0 Å². The van der Waals surface area contributed by atoms with Crippen LogP contribution in [0.2, 0.25) is 0 Å². The van der Waals surface area contributed by atoms with Crippen LogP contribution in [-0.2, 0) is 0 Å². The molecular weight excluding hydrogens is 316 g/mol. The first kappa shape index (κ1) is 15.8. The summed E-state index contributed by atoms with van der Waals surface area (Å²) in [6, 6.07) is 30.0. The maximum Gasteiger partial charge on any atom is 0.160 e. The molecule has 3 aromatic carbocycles. The minimum Gasteiger partial charge on any atom is -0.236 e. The maximum atomic E-state index is 4.75. The topological polar surface area (TPSA) is 25.8 Å². The van der Waals surface area contributed by atoms with E-state index in [0.29, 0.717) is 5.82 Å². The zero-order valence-electron chi connectivity index (χ0n) is 14.1. The highest BCUT2D eigenvalue weighted by Crippen LogP contribution is 2.24. The van der Waals surface area contributed by atoms with Crippen LogP contribution in [0, 0.1) is 11.8 Å². The van der Waals surface area contributed by atoms with E-state index in [-0.39, 0.29) is 0 Å². The fraction of sp³-hybridized carbons (Fsp3) is 0. The Morgan fingerprint density at radius 2 is 1.15 bits per heavy atom. The van der Waals surface area contributed by atoms with Gasteiger partial charge in [-0.1, -0.05) is 84.8 Å². The van der Waals surface area contributed by atoms with Crippen LogP contribution in [0.15, 0.2) is 97.2 Å². The van der Waals surface area contributed by atoms with Crippen LogP contribution < -0.4 is 0 Å². The normalized spacial score (nSPS) is 10.0. The SMILES string of the molecule is C(#Cc1nc(-c2ccccc2)ncc1-c1ccccc1)c1ccccc1. The summed E-state index contributed by atoms with van der Waals surface area (Å²) in [6.45, 7) is 0. The summed E-state index contributed by atoms with van der Waals surface area (Å²) in [6.07, 6.45) is 1.86. The third-order valence-electron chi connectivity index (χ3n) is 4.00. The third-order valence-corrected chi connectivity index (χ3v) is 4.00. The van der Waals surface area contributed by atoms with E-state index in [1.807, 2.05) is 85.1 Å². The van der Waals surface area contributed by atoms with E-state index in [1.54, 1.807) is 0 Å². The van der Waals surface area contributed by atoms with Gasteiger partial charge in [-0.3, -0.25) is 0 Å². The van der Waals surface area contributed by atoms with Crippen LogP contribution in [0.25, 0.3) is 22.5 Å². The molecule has 0 aliphatic carbocycles. The summed E-state index contributed by atoms with van der Waals surface area (Å²) < 4.78 is 0. The van der Waals surface area contributed by atoms with E-state index in [1.165, 1.54) is 0 Å². The van der Waals surface area contributed by atoms with Gasteiger partial charge in [0, 0.05) is 22.9 Å². The second-order valence-corrected chi connectivity index (χ2v) is 5.80. The molecule has 0 saturated heterocycles. The molecular formula is C24H16N2. The van der Waals surface area contributed by atoms with Gasteiger partial charge >= 0.3 is 0 Å². The predicted molar refractivity (Wildman–Crippen MR) is 105 cm³/mol. The van der Waals surface area contributed by atoms with Crippen molar-refractivity contribution in [1.29, 1.82) is 0 Å². The van der Waals surface area contributed by atoms with Gasteiger partial charge in [-0.2, -0.15) is 0 Å². The van der Waals surface area contributed by atoms with Gasteiger partial charge in [-0.05, 0) is 23.6 Å². The van der Waals surface area contributed by atoms with Crippen LogP contribution in [0.5, 0.6) is 0 Å². The number of rotatable bonds is 2. The van der Waals surface area contributed by atoms with Crippen molar-refractivity contribution in [3.05, 3.63) is 108 Å². The summed E-state index contributed by atoms with van der Waals surface area (Å²) in [5.41, 5.74) is 4.67. The average molecular weight is 332 g/mol. The molecule has 0 atom stereocenters. The molecule has 0 saturated carbocycles. The number of hydrogen-bond acceptors (Lipinski definition) is 2. The summed E-state index contributed by atoms with van der Waals surface area (Å²) in [5, 5.41) is 0. The van der Waals surface area contributed by atoms with Gasteiger partial charge in [-0.25, -0.2) is 9.97 Å². The van der Waals surface area contributed by atoms with Crippen molar-refractivity contribution in [2.45, 2.75) is 0 Å². The van der Waals surface area contributed by atoms with E-state index in [9.17, 15) is 0 Å². The molecule has 0 unspecified atom stereocenters. The Kier molecular flexibility index (Phi) is 4.54. The highest BCUT2D eigenvalue weighted by Gasteiger charge is 2.09. The lowest BCUT2D eigenvalue weighted by molar-refractivity contribution is 1.16. The van der Waals surface area contributed by atoms with Crippen molar-refractivity contribution < 1.29 is 0 Å². The van der Waals surface area contributed by atoms with Crippen LogP contribution in [-0.4, -0.2) is 9.97 Å². The molecule has 0 bridgehead atoms. The Morgan fingerprint density at radius 3 is 1.81 bits per heavy atom. The standard InChI is InChI=1S/C24H16N2/c1-4-10-19(11-5-1)16-17-23-22(20-12-6-2-7-13-20)18-25-24(26-23)21-14-8-3-9-15-21/h1-15,18H. The van der Waals surface area contributed by atoms with Crippen LogP contribution in [0.3, 0.4) is 0 Å². The Morgan fingerprint density at radius 1 is 0.577 bits per heavy atom. The monoisotopic (exact) mass is 332 g/mol. The molecule has 2 nitrogen and oxygen atoms in total. The van der Waals surface area contributed by atoms with Gasteiger partial charge in [0.15, 0.2) is 5.82 Å². The molecule has 0 amide bonds. The lowest BCUT2D eigenvalue weighted by Crippen LogP contribution is -1.96. The second kappa shape index (κ2) is 7.46. The lowest BCUT2D eigenvalue weighted by Gasteiger charge is -2.06. The Hall–Kier alpha value is -3.70. The van der Waals surface area contributed by atoms with E-state index in [4.69, 9.17) is 4.98 Å². The van der Waals surface area contributed by atoms with E-state index in [0.717, 1.165) is 27.9 Å². The molecule has 1 heterocycles. The van der Waals surface area contributed by atoms with Crippen molar-refractivity contribution in [1.82, 2.24) is 9.97 Å².